The monoisotopic (exact) mass is 874 g/mol. The first kappa shape index (κ1) is 40.6. The Kier molecular flexibility index (Phi) is 9.05. The smallest absolute Gasteiger partial charge is 0.0714 e. The van der Waals surface area contributed by atoms with E-state index in [1.807, 2.05) is 0 Å². The van der Waals surface area contributed by atoms with Gasteiger partial charge in [0.15, 0.2) is 0 Å². The fourth-order valence-electron chi connectivity index (χ4n) is 12.7. The lowest BCUT2D eigenvalue weighted by Crippen LogP contribution is -2.31. The highest BCUT2D eigenvalue weighted by atomic mass is 15.2. The van der Waals surface area contributed by atoms with E-state index in [0.29, 0.717) is 0 Å². The maximum atomic E-state index is 2.53. The van der Waals surface area contributed by atoms with Crippen LogP contribution in [0.4, 0.5) is 28.4 Å². The number of benzene rings is 9. The van der Waals surface area contributed by atoms with E-state index in [1.165, 1.54) is 113 Å². The van der Waals surface area contributed by atoms with Gasteiger partial charge in [-0.05, 0) is 145 Å². The van der Waals surface area contributed by atoms with E-state index in [-0.39, 0.29) is 10.8 Å². The van der Waals surface area contributed by atoms with Crippen LogP contribution in [0.5, 0.6) is 0 Å². The molecule has 0 atom stereocenters. The minimum atomic E-state index is -0.556. The molecule has 2 heteroatoms. The number of nitrogens with zero attached hydrogens (tertiary/aromatic N) is 2. The van der Waals surface area contributed by atoms with E-state index in [0.717, 1.165) is 18.7 Å². The van der Waals surface area contributed by atoms with E-state index in [4.69, 9.17) is 0 Å². The minimum absolute atomic E-state index is 0.127. The Balaban J connectivity index is 0.908. The molecule has 13 rings (SSSR count). The molecular weight excluding hydrogens is 821 g/mol. The summed E-state index contributed by atoms with van der Waals surface area (Å²) in [6.07, 6.45) is 6.96. The first-order chi connectivity index (χ1) is 33.2. The molecule has 0 N–H and O–H groups in total. The summed E-state index contributed by atoms with van der Waals surface area (Å²) in [5.41, 5.74) is 25.2. The Morgan fingerprint density at radius 2 is 0.824 bits per heavy atom. The van der Waals surface area contributed by atoms with Gasteiger partial charge in [-0.1, -0.05) is 198 Å². The van der Waals surface area contributed by atoms with Crippen molar-refractivity contribution in [3.63, 3.8) is 0 Å². The summed E-state index contributed by atoms with van der Waals surface area (Å²) in [5, 5.41) is 0. The zero-order chi connectivity index (χ0) is 45.8. The fraction of sp³-hybridized carbons (Fsp3) is 0.152. The maximum absolute atomic E-state index is 2.53. The molecule has 2 aliphatic carbocycles. The van der Waals surface area contributed by atoms with Crippen LogP contribution in [0.1, 0.15) is 95.3 Å². The van der Waals surface area contributed by atoms with Crippen LogP contribution in [-0.4, -0.2) is 6.54 Å². The largest absolute Gasteiger partial charge is 0.341 e. The van der Waals surface area contributed by atoms with Gasteiger partial charge in [0, 0.05) is 34.4 Å². The molecule has 0 bridgehead atoms. The van der Waals surface area contributed by atoms with Crippen molar-refractivity contribution in [2.24, 2.45) is 0 Å². The lowest BCUT2D eigenvalue weighted by atomic mass is 9.67. The Morgan fingerprint density at radius 3 is 1.44 bits per heavy atom. The zero-order valence-corrected chi connectivity index (χ0v) is 39.3. The highest BCUT2D eigenvalue weighted by Crippen LogP contribution is 2.59. The third-order valence-corrected chi connectivity index (χ3v) is 16.0. The molecule has 9 aromatic carbocycles. The first-order valence-electron chi connectivity index (χ1n) is 24.5. The van der Waals surface area contributed by atoms with E-state index in [9.17, 15) is 0 Å². The SMILES string of the molecule is CC1(C)c2cc(/C=C/c3ccc4c(c3)C(c3ccccc3)(c3ccccc3)c3cc(N5c6ccccc6C(C)(C)c6ccccc65)ccc3-4)ccc2-c2ccc(N3CCCc4ccccc43)cc21. The normalized spacial score (nSPS) is 16.3. The van der Waals surface area contributed by atoms with E-state index >= 15 is 0 Å². The number of fused-ring (bicyclic) bond motifs is 9. The van der Waals surface area contributed by atoms with Gasteiger partial charge in [-0.3, -0.25) is 0 Å². The number of rotatable bonds is 6. The van der Waals surface area contributed by atoms with E-state index in [2.05, 4.69) is 256 Å². The van der Waals surface area contributed by atoms with Crippen LogP contribution in [0.25, 0.3) is 34.4 Å². The van der Waals surface area contributed by atoms with Crippen molar-refractivity contribution in [2.75, 3.05) is 16.3 Å². The van der Waals surface area contributed by atoms with Gasteiger partial charge >= 0.3 is 0 Å². The number of para-hydroxylation sites is 3. The molecule has 0 fully saturated rings. The summed E-state index contributed by atoms with van der Waals surface area (Å²) in [7, 11) is 0. The molecule has 0 spiro atoms. The van der Waals surface area contributed by atoms with E-state index < -0.39 is 5.41 Å². The van der Waals surface area contributed by atoms with Crippen molar-refractivity contribution >= 4 is 40.6 Å². The van der Waals surface area contributed by atoms with Crippen LogP contribution in [0.15, 0.2) is 206 Å². The number of anilines is 5. The zero-order valence-electron chi connectivity index (χ0n) is 39.3. The molecule has 0 radical (unpaired) electrons. The molecule has 9 aromatic rings. The molecular formula is C66H54N2. The molecule has 68 heavy (non-hydrogen) atoms. The second-order valence-electron chi connectivity index (χ2n) is 20.4. The minimum Gasteiger partial charge on any atom is -0.341 e. The van der Waals surface area contributed by atoms with Gasteiger partial charge < -0.3 is 9.80 Å². The van der Waals surface area contributed by atoms with Crippen LogP contribution in [0.2, 0.25) is 0 Å². The number of hydrogen-bond donors (Lipinski definition) is 0. The Bertz CT molecular complexity index is 3410. The van der Waals surface area contributed by atoms with Gasteiger partial charge in [0.2, 0.25) is 0 Å². The highest BCUT2D eigenvalue weighted by molar-refractivity contribution is 5.93. The van der Waals surface area contributed by atoms with Crippen LogP contribution in [-0.2, 0) is 22.7 Å². The Hall–Kier alpha value is -7.68. The van der Waals surface area contributed by atoms with Gasteiger partial charge in [0.1, 0.15) is 0 Å². The molecule has 0 saturated carbocycles. The summed E-state index contributed by atoms with van der Waals surface area (Å²) >= 11 is 0. The molecule has 0 saturated heterocycles. The quantitative estimate of drug-likeness (QED) is 0.154. The molecule has 2 aliphatic heterocycles. The lowest BCUT2D eigenvalue weighted by molar-refractivity contribution is 0.632. The summed E-state index contributed by atoms with van der Waals surface area (Å²) in [6.45, 7) is 10.6. The molecule has 2 heterocycles. The molecule has 4 aliphatic rings. The summed E-state index contributed by atoms with van der Waals surface area (Å²) in [5.74, 6) is 0. The highest BCUT2D eigenvalue weighted by Gasteiger charge is 2.47. The lowest BCUT2D eigenvalue weighted by Gasteiger charge is -2.42. The van der Waals surface area contributed by atoms with Gasteiger partial charge in [0.25, 0.3) is 0 Å². The van der Waals surface area contributed by atoms with Gasteiger partial charge in [-0.25, -0.2) is 0 Å². The van der Waals surface area contributed by atoms with Crippen molar-refractivity contribution in [2.45, 2.75) is 56.8 Å². The predicted octanol–water partition coefficient (Wildman–Crippen LogP) is 16.7. The third-order valence-electron chi connectivity index (χ3n) is 16.0. The predicted molar refractivity (Wildman–Crippen MR) is 285 cm³/mol. The third kappa shape index (κ3) is 5.89. The average molecular weight is 875 g/mol. The van der Waals surface area contributed by atoms with Crippen LogP contribution in [0, 0.1) is 0 Å². The maximum Gasteiger partial charge on any atom is 0.0714 e. The summed E-state index contributed by atoms with van der Waals surface area (Å²) in [4.78, 5) is 5.02. The number of hydrogen-bond acceptors (Lipinski definition) is 2. The van der Waals surface area contributed by atoms with Gasteiger partial charge in [0.05, 0.1) is 16.8 Å². The Morgan fingerprint density at radius 1 is 0.382 bits per heavy atom. The van der Waals surface area contributed by atoms with Crippen molar-refractivity contribution < 1.29 is 0 Å². The second kappa shape index (κ2) is 15.2. The second-order valence-corrected chi connectivity index (χ2v) is 20.4. The Labute approximate surface area is 401 Å². The summed E-state index contributed by atoms with van der Waals surface area (Å²) < 4.78 is 0. The topological polar surface area (TPSA) is 6.48 Å². The molecule has 328 valence electrons. The van der Waals surface area contributed by atoms with Crippen molar-refractivity contribution in [3.8, 4) is 22.3 Å². The summed E-state index contributed by atoms with van der Waals surface area (Å²) in [6, 6.07) is 77.9. The molecule has 0 unspecified atom stereocenters. The van der Waals surface area contributed by atoms with E-state index in [1.54, 1.807) is 0 Å². The first-order valence-corrected chi connectivity index (χ1v) is 24.5. The molecule has 2 nitrogen and oxygen atoms in total. The molecule has 0 amide bonds. The van der Waals surface area contributed by atoms with Crippen molar-refractivity contribution in [1.29, 1.82) is 0 Å². The fourth-order valence-corrected chi connectivity index (χ4v) is 12.7. The average Bonchev–Trinajstić information content (AvgIpc) is 3.80. The van der Waals surface area contributed by atoms with Crippen molar-refractivity contribution in [1.82, 2.24) is 0 Å². The van der Waals surface area contributed by atoms with Crippen LogP contribution in [0.3, 0.4) is 0 Å². The standard InChI is InChI=1S/C66H54N2/c1-64(2)55-24-12-15-27-62(55)68(63-28-16-13-25-56(63)64)50-34-38-54-53-36-32-45(41-59(53)66(60(54)43-50,47-20-7-5-8-21-47)48-22-9-6-10-23-48)30-29-44-31-35-51-52-37-33-49(42-58(52)65(3,4)57(51)40-44)67-39-17-19-46-18-11-14-26-61(46)67/h5-16,18,20-38,40-43H,17,19,39H2,1-4H3/b30-29+. The van der Waals surface area contributed by atoms with Crippen LogP contribution >= 0.6 is 0 Å². The van der Waals surface area contributed by atoms with Gasteiger partial charge in [-0.15, -0.1) is 0 Å². The molecule has 0 aromatic heterocycles. The van der Waals surface area contributed by atoms with Crippen LogP contribution < -0.4 is 9.80 Å². The van der Waals surface area contributed by atoms with Crippen molar-refractivity contribution in [3.05, 3.63) is 267 Å². The number of aryl methyl sites for hydroxylation is 1. The van der Waals surface area contributed by atoms with Gasteiger partial charge in [-0.2, -0.15) is 0 Å².